The maximum atomic E-state index is 14.9. The van der Waals surface area contributed by atoms with Crippen molar-refractivity contribution < 1.29 is 13.7 Å². The topological polar surface area (TPSA) is 86.3 Å². The van der Waals surface area contributed by atoms with Gasteiger partial charge >= 0.3 is 0 Å². The molecule has 0 atom stereocenters. The second-order valence-electron chi connectivity index (χ2n) is 7.06. The summed E-state index contributed by atoms with van der Waals surface area (Å²) in [4.78, 5) is 23.3. The number of aryl methyl sites for hydroxylation is 1. The minimum absolute atomic E-state index is 0.0852. The molecule has 1 aromatic carbocycles. The van der Waals surface area contributed by atoms with Crippen molar-refractivity contribution in [2.75, 3.05) is 31.2 Å². The first-order chi connectivity index (χ1) is 14.6. The first-order valence-electron chi connectivity index (χ1n) is 9.52. The number of morpholine rings is 1. The zero-order chi connectivity index (χ0) is 20.7. The summed E-state index contributed by atoms with van der Waals surface area (Å²) in [5.74, 6) is -0.00738. The van der Waals surface area contributed by atoms with Crippen LogP contribution in [0.3, 0.4) is 0 Å². The monoisotopic (exact) mass is 407 g/mol. The van der Waals surface area contributed by atoms with Crippen LogP contribution < -0.4 is 10.3 Å². The summed E-state index contributed by atoms with van der Waals surface area (Å²) in [7, 11) is 1.80. The fourth-order valence-electron chi connectivity index (χ4n) is 3.64. The highest BCUT2D eigenvalue weighted by Gasteiger charge is 2.21. The van der Waals surface area contributed by atoms with E-state index in [2.05, 4.69) is 15.1 Å². The van der Waals surface area contributed by atoms with Gasteiger partial charge in [0.2, 0.25) is 11.3 Å². The highest BCUT2D eigenvalue weighted by molar-refractivity contribution is 5.86. The Kier molecular flexibility index (Phi) is 4.51. The van der Waals surface area contributed by atoms with Crippen molar-refractivity contribution in [2.24, 2.45) is 7.05 Å². The Morgan fingerprint density at radius 2 is 1.90 bits per heavy atom. The van der Waals surface area contributed by atoms with E-state index in [1.54, 1.807) is 48.4 Å². The van der Waals surface area contributed by atoms with E-state index in [1.807, 2.05) is 4.90 Å². The van der Waals surface area contributed by atoms with Gasteiger partial charge in [-0.05, 0) is 24.3 Å². The SMILES string of the molecule is Cn1cc(-c2nc(-c3ccncc3)no2)c(=O)c2cc(F)c(N3CCOCC3)cc21. The van der Waals surface area contributed by atoms with Gasteiger partial charge < -0.3 is 18.7 Å². The molecular formula is C21H18FN5O3. The number of nitrogens with zero attached hydrogens (tertiary/aromatic N) is 5. The molecular weight excluding hydrogens is 389 g/mol. The number of fused-ring (bicyclic) bond motifs is 1. The summed E-state index contributed by atoms with van der Waals surface area (Å²) in [5.41, 5.74) is 1.67. The second kappa shape index (κ2) is 7.34. The van der Waals surface area contributed by atoms with E-state index >= 15 is 0 Å². The maximum Gasteiger partial charge on any atom is 0.263 e. The quantitative estimate of drug-likeness (QED) is 0.516. The third-order valence-electron chi connectivity index (χ3n) is 5.20. The maximum absolute atomic E-state index is 14.9. The lowest BCUT2D eigenvalue weighted by Crippen LogP contribution is -2.36. The summed E-state index contributed by atoms with van der Waals surface area (Å²) >= 11 is 0. The van der Waals surface area contributed by atoms with Gasteiger partial charge in [0.25, 0.3) is 5.89 Å². The molecule has 152 valence electrons. The number of benzene rings is 1. The number of rotatable bonds is 3. The smallest absolute Gasteiger partial charge is 0.263 e. The Balaban J connectivity index is 1.60. The Labute approximate surface area is 170 Å². The third-order valence-corrected chi connectivity index (χ3v) is 5.20. The molecule has 4 aromatic rings. The molecule has 8 nitrogen and oxygen atoms in total. The molecule has 0 radical (unpaired) electrons. The molecule has 1 aliphatic rings. The van der Waals surface area contributed by atoms with Crippen molar-refractivity contribution in [1.29, 1.82) is 0 Å². The number of anilines is 1. The summed E-state index contributed by atoms with van der Waals surface area (Å²) in [6.07, 6.45) is 4.88. The lowest BCUT2D eigenvalue weighted by molar-refractivity contribution is 0.122. The molecule has 0 aliphatic carbocycles. The molecule has 3 aromatic heterocycles. The molecule has 1 aliphatic heterocycles. The molecule has 1 fully saturated rings. The van der Waals surface area contributed by atoms with Crippen molar-refractivity contribution in [1.82, 2.24) is 19.7 Å². The van der Waals surface area contributed by atoms with Crippen LogP contribution in [0.2, 0.25) is 0 Å². The van der Waals surface area contributed by atoms with E-state index in [0.717, 1.165) is 5.56 Å². The average Bonchev–Trinajstić information content (AvgIpc) is 3.27. The van der Waals surface area contributed by atoms with Crippen molar-refractivity contribution in [3.05, 3.63) is 58.9 Å². The van der Waals surface area contributed by atoms with Gasteiger partial charge in [0.15, 0.2) is 0 Å². The molecule has 30 heavy (non-hydrogen) atoms. The summed E-state index contributed by atoms with van der Waals surface area (Å²) < 4.78 is 27.3. The van der Waals surface area contributed by atoms with E-state index in [0.29, 0.717) is 43.3 Å². The van der Waals surface area contributed by atoms with Crippen molar-refractivity contribution in [3.8, 4) is 22.8 Å². The summed E-state index contributed by atoms with van der Waals surface area (Å²) in [6, 6.07) is 6.48. The van der Waals surface area contributed by atoms with Crippen LogP contribution in [0.5, 0.6) is 0 Å². The molecule has 0 amide bonds. The van der Waals surface area contributed by atoms with Gasteiger partial charge in [-0.2, -0.15) is 4.98 Å². The van der Waals surface area contributed by atoms with Crippen LogP contribution in [0.15, 0.2) is 52.2 Å². The Morgan fingerprint density at radius 3 is 2.67 bits per heavy atom. The predicted molar refractivity (Wildman–Crippen MR) is 109 cm³/mol. The lowest BCUT2D eigenvalue weighted by atomic mass is 10.1. The fourth-order valence-corrected chi connectivity index (χ4v) is 3.64. The number of hydrogen-bond acceptors (Lipinski definition) is 7. The minimum Gasteiger partial charge on any atom is -0.378 e. The Hall–Kier alpha value is -3.59. The van der Waals surface area contributed by atoms with E-state index in [9.17, 15) is 9.18 Å². The largest absolute Gasteiger partial charge is 0.378 e. The fraction of sp³-hybridized carbons (Fsp3) is 0.238. The first-order valence-corrected chi connectivity index (χ1v) is 9.52. The first kappa shape index (κ1) is 18.4. The molecule has 1 saturated heterocycles. The van der Waals surface area contributed by atoms with Gasteiger partial charge in [0.1, 0.15) is 11.4 Å². The average molecular weight is 407 g/mol. The molecule has 5 rings (SSSR count). The van der Waals surface area contributed by atoms with E-state index < -0.39 is 5.82 Å². The molecule has 0 N–H and O–H groups in total. The van der Waals surface area contributed by atoms with E-state index in [-0.39, 0.29) is 22.3 Å². The van der Waals surface area contributed by atoms with Crippen LogP contribution in [0.1, 0.15) is 0 Å². The standard InChI is InChI=1S/C21H18FN5O3/c1-26-12-15(21-24-20(25-30-21)13-2-4-23-5-3-13)19(28)14-10-16(22)18(11-17(14)26)27-6-8-29-9-7-27/h2-5,10-12H,6-9H2,1H3. The molecule has 0 saturated carbocycles. The van der Waals surface area contributed by atoms with Crippen LogP contribution in [0, 0.1) is 5.82 Å². The highest BCUT2D eigenvalue weighted by Crippen LogP contribution is 2.27. The van der Waals surface area contributed by atoms with Gasteiger partial charge in [0.05, 0.1) is 24.4 Å². The predicted octanol–water partition coefficient (Wildman–Crippen LogP) is 2.63. The molecule has 0 unspecified atom stereocenters. The third kappa shape index (κ3) is 3.13. The van der Waals surface area contributed by atoms with E-state index in [1.165, 1.54) is 6.07 Å². The van der Waals surface area contributed by atoms with Crippen molar-refractivity contribution >= 4 is 16.6 Å². The van der Waals surface area contributed by atoms with Crippen LogP contribution in [-0.4, -0.2) is 46.0 Å². The normalized spacial score (nSPS) is 14.4. The highest BCUT2D eigenvalue weighted by atomic mass is 19.1. The van der Waals surface area contributed by atoms with Crippen LogP contribution in [-0.2, 0) is 11.8 Å². The minimum atomic E-state index is -0.443. The van der Waals surface area contributed by atoms with Crippen LogP contribution >= 0.6 is 0 Å². The molecule has 9 heteroatoms. The zero-order valence-electron chi connectivity index (χ0n) is 16.2. The van der Waals surface area contributed by atoms with Gasteiger partial charge in [-0.25, -0.2) is 4.39 Å². The zero-order valence-corrected chi connectivity index (χ0v) is 16.2. The number of halogens is 1. The van der Waals surface area contributed by atoms with Crippen LogP contribution in [0.4, 0.5) is 10.1 Å². The molecule has 0 bridgehead atoms. The van der Waals surface area contributed by atoms with Gasteiger partial charge in [-0.15, -0.1) is 0 Å². The summed E-state index contributed by atoms with van der Waals surface area (Å²) in [5, 5.41) is 4.21. The number of ether oxygens (including phenoxy) is 1. The Bertz CT molecular complexity index is 1280. The number of aromatic nitrogens is 4. The number of pyridine rings is 2. The lowest BCUT2D eigenvalue weighted by Gasteiger charge is -2.29. The van der Waals surface area contributed by atoms with Crippen LogP contribution in [0.25, 0.3) is 33.7 Å². The molecule has 4 heterocycles. The Morgan fingerprint density at radius 1 is 1.13 bits per heavy atom. The van der Waals surface area contributed by atoms with E-state index in [4.69, 9.17) is 9.26 Å². The van der Waals surface area contributed by atoms with Gasteiger partial charge in [-0.3, -0.25) is 9.78 Å². The van der Waals surface area contributed by atoms with Crippen molar-refractivity contribution in [3.63, 3.8) is 0 Å². The van der Waals surface area contributed by atoms with Gasteiger partial charge in [-0.1, -0.05) is 5.16 Å². The van der Waals surface area contributed by atoms with Crippen molar-refractivity contribution in [2.45, 2.75) is 0 Å². The van der Waals surface area contributed by atoms with Gasteiger partial charge in [0, 0.05) is 49.7 Å². The molecule has 0 spiro atoms. The second-order valence-corrected chi connectivity index (χ2v) is 7.06. The summed E-state index contributed by atoms with van der Waals surface area (Å²) in [6.45, 7) is 2.31. The number of hydrogen-bond donors (Lipinski definition) is 0.